The van der Waals surface area contributed by atoms with Crippen LogP contribution in [-0.4, -0.2) is 38.6 Å². The molecule has 7 rings (SSSR count). The van der Waals surface area contributed by atoms with Crippen LogP contribution in [0.2, 0.25) is 0 Å². The first-order chi connectivity index (χ1) is 19.8. The minimum absolute atomic E-state index is 0.214. The molecule has 2 aliphatic heterocycles. The average molecular weight is 527 g/mol. The van der Waals surface area contributed by atoms with Gasteiger partial charge in [0.2, 0.25) is 0 Å². The molecule has 0 aromatic heterocycles. The molecule has 40 heavy (non-hydrogen) atoms. The Morgan fingerprint density at radius 2 is 0.825 bits per heavy atom. The predicted molar refractivity (Wildman–Crippen MR) is 159 cm³/mol. The molecule has 5 aromatic carbocycles. The summed E-state index contributed by atoms with van der Waals surface area (Å²) in [6, 6.07) is 42.4. The lowest BCUT2D eigenvalue weighted by molar-refractivity contribution is 0.264. The van der Waals surface area contributed by atoms with Crippen molar-refractivity contribution in [1.82, 2.24) is 0 Å². The molecule has 0 spiro atoms. The van der Waals surface area contributed by atoms with Gasteiger partial charge in [-0.3, -0.25) is 0 Å². The second-order valence-electron chi connectivity index (χ2n) is 10.3. The molecule has 0 N–H and O–H groups in total. The van der Waals surface area contributed by atoms with Crippen LogP contribution in [0.4, 0.5) is 0 Å². The van der Waals surface area contributed by atoms with Gasteiger partial charge in [0, 0.05) is 11.1 Å². The van der Waals surface area contributed by atoms with E-state index in [0.717, 1.165) is 69.2 Å². The molecule has 0 saturated carbocycles. The van der Waals surface area contributed by atoms with Crippen molar-refractivity contribution < 1.29 is 18.9 Å². The minimum Gasteiger partial charge on any atom is -0.490 e. The lowest BCUT2D eigenvalue weighted by Crippen LogP contribution is -2.05. The summed E-state index contributed by atoms with van der Waals surface area (Å²) in [5, 5.41) is 0. The zero-order valence-corrected chi connectivity index (χ0v) is 22.2. The molecule has 2 fully saturated rings. The summed E-state index contributed by atoms with van der Waals surface area (Å²) in [6.45, 7) is 2.72. The van der Waals surface area contributed by atoms with Gasteiger partial charge in [-0.2, -0.15) is 0 Å². The van der Waals surface area contributed by atoms with Crippen molar-refractivity contribution in [1.29, 1.82) is 0 Å². The summed E-state index contributed by atoms with van der Waals surface area (Å²) in [5.41, 5.74) is 9.06. The molecular weight excluding hydrogens is 496 g/mol. The first-order valence-electron chi connectivity index (χ1n) is 13.8. The van der Waals surface area contributed by atoms with Gasteiger partial charge in [-0.1, -0.05) is 97.1 Å². The summed E-state index contributed by atoms with van der Waals surface area (Å²) >= 11 is 0. The second-order valence-corrected chi connectivity index (χ2v) is 10.3. The first kappa shape index (κ1) is 24.6. The molecule has 2 heterocycles. The summed E-state index contributed by atoms with van der Waals surface area (Å²) < 4.78 is 22.9. The van der Waals surface area contributed by atoms with Crippen molar-refractivity contribution in [3.05, 3.63) is 121 Å². The molecular formula is C36H30O4. The molecule has 0 aliphatic carbocycles. The van der Waals surface area contributed by atoms with E-state index in [-0.39, 0.29) is 12.2 Å². The fourth-order valence-corrected chi connectivity index (χ4v) is 4.91. The van der Waals surface area contributed by atoms with Gasteiger partial charge in [0.25, 0.3) is 0 Å². The Bertz CT molecular complexity index is 1470. The Kier molecular flexibility index (Phi) is 6.78. The summed E-state index contributed by atoms with van der Waals surface area (Å²) in [5.74, 6) is 1.76. The van der Waals surface area contributed by atoms with Gasteiger partial charge in [-0.25, -0.2) is 0 Å². The number of hydrogen-bond donors (Lipinski definition) is 0. The molecule has 2 saturated heterocycles. The third-order valence-corrected chi connectivity index (χ3v) is 7.33. The number of epoxide rings is 2. The maximum absolute atomic E-state index is 6.13. The number of ether oxygens (including phenoxy) is 4. The quantitative estimate of drug-likeness (QED) is 0.173. The lowest BCUT2D eigenvalue weighted by atomic mass is 9.95. The zero-order chi connectivity index (χ0) is 26.7. The molecule has 0 bridgehead atoms. The van der Waals surface area contributed by atoms with Crippen molar-refractivity contribution in [3.8, 4) is 56.0 Å². The molecule has 2 unspecified atom stereocenters. The smallest absolute Gasteiger partial charge is 0.127 e. The van der Waals surface area contributed by atoms with Crippen LogP contribution in [0.3, 0.4) is 0 Å². The second kappa shape index (κ2) is 11.0. The number of hydrogen-bond acceptors (Lipinski definition) is 4. The molecule has 0 amide bonds. The highest BCUT2D eigenvalue weighted by Crippen LogP contribution is 2.37. The van der Waals surface area contributed by atoms with E-state index in [1.165, 1.54) is 0 Å². The fourth-order valence-electron chi connectivity index (χ4n) is 4.91. The maximum atomic E-state index is 6.13. The van der Waals surface area contributed by atoms with Gasteiger partial charge in [0.15, 0.2) is 0 Å². The maximum Gasteiger partial charge on any atom is 0.127 e. The van der Waals surface area contributed by atoms with Crippen LogP contribution < -0.4 is 9.47 Å². The third-order valence-electron chi connectivity index (χ3n) is 7.33. The first-order valence-corrected chi connectivity index (χ1v) is 13.8. The molecule has 2 atom stereocenters. The van der Waals surface area contributed by atoms with Gasteiger partial charge in [-0.15, -0.1) is 0 Å². The van der Waals surface area contributed by atoms with E-state index in [9.17, 15) is 0 Å². The van der Waals surface area contributed by atoms with Crippen molar-refractivity contribution in [3.63, 3.8) is 0 Å². The van der Waals surface area contributed by atoms with Crippen molar-refractivity contribution in [2.24, 2.45) is 0 Å². The van der Waals surface area contributed by atoms with E-state index in [2.05, 4.69) is 109 Å². The molecule has 4 heteroatoms. The highest BCUT2D eigenvalue weighted by Gasteiger charge is 2.24. The van der Waals surface area contributed by atoms with Crippen LogP contribution in [0.25, 0.3) is 44.5 Å². The van der Waals surface area contributed by atoms with Crippen LogP contribution in [0.1, 0.15) is 0 Å². The van der Waals surface area contributed by atoms with Crippen molar-refractivity contribution in [2.45, 2.75) is 12.2 Å². The lowest BCUT2D eigenvalue weighted by Gasteiger charge is -2.15. The van der Waals surface area contributed by atoms with E-state index in [0.29, 0.717) is 13.2 Å². The normalized spacial score (nSPS) is 17.3. The van der Waals surface area contributed by atoms with Crippen LogP contribution in [0, 0.1) is 0 Å². The molecule has 198 valence electrons. The van der Waals surface area contributed by atoms with Gasteiger partial charge in [-0.05, 0) is 57.6 Å². The fraction of sp³-hybridized carbons (Fsp3) is 0.167. The van der Waals surface area contributed by atoms with Crippen LogP contribution >= 0.6 is 0 Å². The average Bonchev–Trinajstić information content (AvgIpc) is 3.96. The molecule has 5 aromatic rings. The topological polar surface area (TPSA) is 43.5 Å². The van der Waals surface area contributed by atoms with Gasteiger partial charge >= 0.3 is 0 Å². The van der Waals surface area contributed by atoms with E-state index in [1.807, 2.05) is 12.1 Å². The van der Waals surface area contributed by atoms with E-state index < -0.39 is 0 Å². The van der Waals surface area contributed by atoms with Crippen LogP contribution in [0.5, 0.6) is 11.5 Å². The van der Waals surface area contributed by atoms with Gasteiger partial charge < -0.3 is 18.9 Å². The number of benzene rings is 5. The SMILES string of the molecule is c1ccc(-c2cc(-c3ccc(-c4ccc(OCC5CO5)c(-c5ccccc5)c4)cc3)ccc2OCC2CO2)cc1. The summed E-state index contributed by atoms with van der Waals surface area (Å²) in [7, 11) is 0. The summed E-state index contributed by atoms with van der Waals surface area (Å²) in [4.78, 5) is 0. The molecule has 4 nitrogen and oxygen atoms in total. The molecule has 0 radical (unpaired) electrons. The van der Waals surface area contributed by atoms with E-state index in [1.54, 1.807) is 0 Å². The van der Waals surface area contributed by atoms with Gasteiger partial charge in [0.1, 0.15) is 36.9 Å². The van der Waals surface area contributed by atoms with Crippen LogP contribution in [-0.2, 0) is 9.47 Å². The van der Waals surface area contributed by atoms with E-state index >= 15 is 0 Å². The van der Waals surface area contributed by atoms with Gasteiger partial charge in [0.05, 0.1) is 13.2 Å². The number of rotatable bonds is 10. The highest BCUT2D eigenvalue weighted by molar-refractivity contribution is 5.81. The highest BCUT2D eigenvalue weighted by atomic mass is 16.6. The third kappa shape index (κ3) is 5.64. The van der Waals surface area contributed by atoms with Crippen LogP contribution in [0.15, 0.2) is 121 Å². The van der Waals surface area contributed by atoms with E-state index in [4.69, 9.17) is 18.9 Å². The summed E-state index contributed by atoms with van der Waals surface area (Å²) in [6.07, 6.45) is 0.428. The molecule has 2 aliphatic rings. The minimum atomic E-state index is 0.214. The zero-order valence-electron chi connectivity index (χ0n) is 22.2. The largest absolute Gasteiger partial charge is 0.490 e. The Morgan fingerprint density at radius 3 is 1.20 bits per heavy atom. The Labute approximate surface area is 234 Å². The predicted octanol–water partition coefficient (Wildman–Crippen LogP) is 7.91. The Morgan fingerprint density at radius 1 is 0.450 bits per heavy atom. The Hall–Kier alpha value is -4.38. The van der Waals surface area contributed by atoms with Crippen molar-refractivity contribution in [2.75, 3.05) is 26.4 Å². The standard InChI is InChI=1S/C36H30O4/c1-3-7-27(8-4-1)33-19-29(15-17-35(33)39-23-31-21-37-31)25-11-13-26(14-12-25)30-16-18-36(40-24-32-22-38-32)34(20-30)28-9-5-2-6-10-28/h1-20,31-32H,21-24H2. The van der Waals surface area contributed by atoms with Crippen molar-refractivity contribution >= 4 is 0 Å². The Balaban J connectivity index is 1.18. The monoisotopic (exact) mass is 526 g/mol.